The normalized spacial score (nSPS) is 12.1. The van der Waals surface area contributed by atoms with Gasteiger partial charge in [0.05, 0.1) is 15.8 Å². The zero-order valence-corrected chi connectivity index (χ0v) is 13.1. The molecular weight excluding hydrogens is 333 g/mol. The van der Waals surface area contributed by atoms with Gasteiger partial charge in [0.2, 0.25) is 0 Å². The molecule has 0 atom stereocenters. The average Bonchev–Trinajstić information content (AvgIpc) is 2.80. The number of hydrogen-bond donors (Lipinski definition) is 1. The average molecular weight is 342 g/mol. The van der Waals surface area contributed by atoms with Gasteiger partial charge in [0, 0.05) is 11.9 Å². The Morgan fingerprint density at radius 2 is 2.24 bits per heavy atom. The number of hydrogen-bond acceptors (Lipinski definition) is 6. The second-order valence-electron chi connectivity index (χ2n) is 4.06. The smallest absolute Gasteiger partial charge is 0.196 e. The number of rotatable bonds is 4. The lowest BCUT2D eigenvalue weighted by Crippen LogP contribution is -2.10. The van der Waals surface area contributed by atoms with Crippen molar-refractivity contribution in [3.05, 3.63) is 33.6 Å². The Morgan fingerprint density at radius 3 is 2.86 bits per heavy atom. The Kier molecular flexibility index (Phi) is 4.73. The maximum atomic E-state index is 11.9. The van der Waals surface area contributed by atoms with Crippen molar-refractivity contribution in [1.82, 2.24) is 14.6 Å². The summed E-state index contributed by atoms with van der Waals surface area (Å²) in [6.45, 7) is 1.51. The Hall–Kier alpha value is -1.75. The number of ketones is 1. The van der Waals surface area contributed by atoms with Gasteiger partial charge in [-0.05, 0) is 13.0 Å². The third-order valence-electron chi connectivity index (χ3n) is 2.51. The fourth-order valence-electron chi connectivity index (χ4n) is 1.57. The number of nitrogens with two attached hydrogens (primary N) is 1. The van der Waals surface area contributed by atoms with Crippen LogP contribution in [0.25, 0.3) is 5.65 Å². The van der Waals surface area contributed by atoms with Crippen LogP contribution >= 0.6 is 35.0 Å². The molecule has 0 saturated carbocycles. The molecular formula is C12H9Cl2N5OS. The topological polar surface area (TPSA) is 97.1 Å². The van der Waals surface area contributed by atoms with Crippen molar-refractivity contribution < 1.29 is 4.79 Å². The highest BCUT2D eigenvalue weighted by molar-refractivity contribution is 7.99. The molecule has 0 aliphatic carbocycles. The van der Waals surface area contributed by atoms with Crippen LogP contribution in [0.2, 0.25) is 10.0 Å². The number of pyridine rings is 1. The van der Waals surface area contributed by atoms with Crippen molar-refractivity contribution >= 4 is 46.4 Å². The number of aromatic nitrogens is 3. The molecule has 2 heterocycles. The van der Waals surface area contributed by atoms with Crippen LogP contribution in [0.15, 0.2) is 28.7 Å². The molecule has 2 aromatic rings. The highest BCUT2D eigenvalue weighted by Crippen LogP contribution is 2.25. The Balaban J connectivity index is 2.24. The van der Waals surface area contributed by atoms with Crippen LogP contribution < -0.4 is 5.73 Å². The lowest BCUT2D eigenvalue weighted by molar-refractivity contribution is -0.112. The Bertz CT molecular complexity index is 789. The second kappa shape index (κ2) is 6.35. The summed E-state index contributed by atoms with van der Waals surface area (Å²) in [4.78, 5) is 11.9. The minimum absolute atomic E-state index is 0.0162. The van der Waals surface area contributed by atoms with Crippen LogP contribution in [0.1, 0.15) is 6.92 Å². The summed E-state index contributed by atoms with van der Waals surface area (Å²) >= 11 is 13.1. The third-order valence-corrected chi connectivity index (χ3v) is 3.94. The number of fused-ring (bicyclic) bond motifs is 1. The molecule has 21 heavy (non-hydrogen) atoms. The van der Waals surface area contributed by atoms with Gasteiger partial charge < -0.3 is 5.73 Å². The van der Waals surface area contributed by atoms with Crippen LogP contribution in [0.5, 0.6) is 0 Å². The van der Waals surface area contributed by atoms with Crippen LogP contribution in [0, 0.1) is 11.3 Å². The van der Waals surface area contributed by atoms with Gasteiger partial charge in [0.15, 0.2) is 16.6 Å². The summed E-state index contributed by atoms with van der Waals surface area (Å²) in [5.74, 6) is -0.352. The summed E-state index contributed by atoms with van der Waals surface area (Å²) in [7, 11) is 0. The Labute approximate surface area is 134 Å². The highest BCUT2D eigenvalue weighted by Gasteiger charge is 2.15. The second-order valence-corrected chi connectivity index (χ2v) is 5.85. The monoisotopic (exact) mass is 341 g/mol. The molecule has 0 aromatic carbocycles. The molecule has 2 aromatic heterocycles. The largest absolute Gasteiger partial charge is 0.401 e. The van der Waals surface area contributed by atoms with Gasteiger partial charge in [-0.1, -0.05) is 35.0 Å². The molecule has 0 saturated heterocycles. The molecule has 0 amide bonds. The van der Waals surface area contributed by atoms with E-state index in [0.717, 1.165) is 11.8 Å². The van der Waals surface area contributed by atoms with E-state index in [1.807, 2.05) is 0 Å². The summed E-state index contributed by atoms with van der Waals surface area (Å²) < 4.78 is 1.59. The SMILES string of the molecule is C/C(N)=C(\C#N)C(=O)CSc1nnc2c(Cl)cc(Cl)cn12. The van der Waals surface area contributed by atoms with E-state index in [4.69, 9.17) is 34.2 Å². The summed E-state index contributed by atoms with van der Waals surface area (Å²) in [6.07, 6.45) is 1.60. The molecule has 0 aliphatic rings. The molecule has 0 spiro atoms. The predicted octanol–water partition coefficient (Wildman–Crippen LogP) is 2.45. The first kappa shape index (κ1) is 15.6. The zero-order chi connectivity index (χ0) is 15.6. The van der Waals surface area contributed by atoms with Crippen molar-refractivity contribution in [2.24, 2.45) is 5.73 Å². The van der Waals surface area contributed by atoms with Crippen LogP contribution in [0.3, 0.4) is 0 Å². The third kappa shape index (κ3) is 3.29. The molecule has 108 valence electrons. The van der Waals surface area contributed by atoms with Crippen LogP contribution in [-0.2, 0) is 4.79 Å². The highest BCUT2D eigenvalue weighted by atomic mass is 35.5. The molecule has 2 rings (SSSR count). The minimum atomic E-state index is -0.368. The van der Waals surface area contributed by atoms with Gasteiger partial charge in [-0.15, -0.1) is 10.2 Å². The first-order valence-corrected chi connectivity index (χ1v) is 7.40. The van der Waals surface area contributed by atoms with E-state index in [2.05, 4.69) is 10.2 Å². The number of carbonyl (C=O) groups excluding carboxylic acids is 1. The number of nitriles is 1. The van der Waals surface area contributed by atoms with E-state index in [1.54, 1.807) is 22.7 Å². The zero-order valence-electron chi connectivity index (χ0n) is 10.8. The van der Waals surface area contributed by atoms with E-state index in [9.17, 15) is 4.79 Å². The molecule has 9 heteroatoms. The minimum Gasteiger partial charge on any atom is -0.401 e. The Morgan fingerprint density at radius 1 is 1.52 bits per heavy atom. The fourth-order valence-corrected chi connectivity index (χ4v) is 2.86. The van der Waals surface area contributed by atoms with E-state index in [1.165, 1.54) is 6.92 Å². The summed E-state index contributed by atoms with van der Waals surface area (Å²) in [6, 6.07) is 3.35. The van der Waals surface area contributed by atoms with Crippen molar-refractivity contribution in [2.45, 2.75) is 12.1 Å². The van der Waals surface area contributed by atoms with Gasteiger partial charge in [-0.3, -0.25) is 9.20 Å². The van der Waals surface area contributed by atoms with Gasteiger partial charge in [-0.2, -0.15) is 5.26 Å². The van der Waals surface area contributed by atoms with Gasteiger partial charge in [0.25, 0.3) is 0 Å². The quantitative estimate of drug-likeness (QED) is 0.521. The molecule has 2 N–H and O–H groups in total. The van der Waals surface area contributed by atoms with Gasteiger partial charge >= 0.3 is 0 Å². The van der Waals surface area contributed by atoms with Crippen molar-refractivity contribution in [3.63, 3.8) is 0 Å². The van der Waals surface area contributed by atoms with Crippen molar-refractivity contribution in [2.75, 3.05) is 5.75 Å². The first-order chi connectivity index (χ1) is 9.93. The summed E-state index contributed by atoms with van der Waals surface area (Å²) in [5, 5.41) is 18.0. The van der Waals surface area contributed by atoms with Crippen LogP contribution in [0.4, 0.5) is 0 Å². The van der Waals surface area contributed by atoms with E-state index >= 15 is 0 Å². The number of halogens is 2. The van der Waals surface area contributed by atoms with Crippen molar-refractivity contribution in [3.8, 4) is 6.07 Å². The number of allylic oxidation sites excluding steroid dienone is 2. The fraction of sp³-hybridized carbons (Fsp3) is 0.167. The number of carbonyl (C=O) groups is 1. The maximum absolute atomic E-state index is 11.9. The first-order valence-electron chi connectivity index (χ1n) is 5.66. The molecule has 0 fully saturated rings. The molecule has 0 radical (unpaired) electrons. The lowest BCUT2D eigenvalue weighted by Gasteiger charge is -2.02. The number of Topliss-reactive ketones (excluding diaryl/α,β-unsaturated/α-hetero) is 1. The van der Waals surface area contributed by atoms with Crippen LogP contribution in [-0.4, -0.2) is 26.1 Å². The van der Waals surface area contributed by atoms with E-state index in [-0.39, 0.29) is 22.8 Å². The van der Waals surface area contributed by atoms with Gasteiger partial charge in [-0.25, -0.2) is 0 Å². The predicted molar refractivity (Wildman–Crippen MR) is 81.2 cm³/mol. The van der Waals surface area contributed by atoms with E-state index in [0.29, 0.717) is 20.8 Å². The molecule has 0 unspecified atom stereocenters. The number of thioether (sulfide) groups is 1. The maximum Gasteiger partial charge on any atom is 0.196 e. The molecule has 0 aliphatic heterocycles. The van der Waals surface area contributed by atoms with E-state index < -0.39 is 0 Å². The number of nitrogens with zero attached hydrogens (tertiary/aromatic N) is 4. The lowest BCUT2D eigenvalue weighted by atomic mass is 10.2. The van der Waals surface area contributed by atoms with Gasteiger partial charge in [0.1, 0.15) is 11.6 Å². The summed E-state index contributed by atoms with van der Waals surface area (Å²) in [5.41, 5.74) is 6.08. The van der Waals surface area contributed by atoms with Crippen molar-refractivity contribution in [1.29, 1.82) is 5.26 Å². The standard InChI is InChI=1S/C12H9Cl2N5OS/c1-6(16)8(3-15)10(20)5-21-12-18-17-11-9(14)2-7(13)4-19(11)12/h2,4H,5,16H2,1H3/b8-6-. The molecule has 6 nitrogen and oxygen atoms in total. The molecule has 0 bridgehead atoms.